The van der Waals surface area contributed by atoms with Gasteiger partial charge in [0.05, 0.1) is 12.6 Å². The van der Waals surface area contributed by atoms with Gasteiger partial charge < -0.3 is 19.5 Å². The number of ether oxygens (including phenoxy) is 1. The highest BCUT2D eigenvalue weighted by molar-refractivity contribution is 5.86. The second kappa shape index (κ2) is 8.34. The molecule has 4 rings (SSSR count). The van der Waals surface area contributed by atoms with E-state index in [2.05, 4.69) is 26.9 Å². The molecular formula is C22H31N3O2. The highest BCUT2D eigenvalue weighted by Gasteiger charge is 2.32. The summed E-state index contributed by atoms with van der Waals surface area (Å²) in [7, 11) is 1.69. The summed E-state index contributed by atoms with van der Waals surface area (Å²) in [5, 5.41) is 4.31. The van der Waals surface area contributed by atoms with Crippen molar-refractivity contribution in [2.24, 2.45) is 5.92 Å². The molecule has 2 saturated heterocycles. The Balaban J connectivity index is 1.30. The van der Waals surface area contributed by atoms with E-state index in [0.29, 0.717) is 24.9 Å². The minimum atomic E-state index is 0.160. The van der Waals surface area contributed by atoms with Gasteiger partial charge in [-0.2, -0.15) is 0 Å². The van der Waals surface area contributed by atoms with Crippen LogP contribution in [-0.4, -0.2) is 48.2 Å². The molecular weight excluding hydrogens is 338 g/mol. The smallest absolute Gasteiger partial charge is 0.221 e. The fraction of sp³-hybridized carbons (Fsp3) is 0.591. The summed E-state index contributed by atoms with van der Waals surface area (Å²) >= 11 is 0. The van der Waals surface area contributed by atoms with Gasteiger partial charge in [-0.1, -0.05) is 12.5 Å². The Labute approximate surface area is 161 Å². The molecule has 0 saturated carbocycles. The van der Waals surface area contributed by atoms with Crippen LogP contribution in [0.1, 0.15) is 38.5 Å². The third-order valence-corrected chi connectivity index (χ3v) is 6.36. The molecule has 2 aliphatic heterocycles. The number of carbonyl (C=O) groups is 1. The topological polar surface area (TPSA) is 46.5 Å². The number of methoxy groups -OCH3 is 1. The number of nitrogens with one attached hydrogen (secondary N) is 1. The van der Waals surface area contributed by atoms with Crippen LogP contribution in [0, 0.1) is 5.92 Å². The number of rotatable bonds is 6. The molecule has 2 aliphatic rings. The number of hydrogen-bond acceptors (Lipinski definition) is 3. The third kappa shape index (κ3) is 3.98. The minimum Gasteiger partial charge on any atom is -0.496 e. The maximum Gasteiger partial charge on any atom is 0.221 e. The molecule has 0 unspecified atom stereocenters. The first-order chi connectivity index (χ1) is 13.3. The summed E-state index contributed by atoms with van der Waals surface area (Å²) in [5.41, 5.74) is 1.12. The monoisotopic (exact) mass is 369 g/mol. The van der Waals surface area contributed by atoms with Crippen molar-refractivity contribution in [3.63, 3.8) is 0 Å². The molecule has 5 heteroatoms. The first-order valence-corrected chi connectivity index (χ1v) is 10.4. The van der Waals surface area contributed by atoms with E-state index in [-0.39, 0.29) is 5.91 Å². The SMILES string of the molecule is COc1cccc2c1ccn2CCC(=O)NC[C@@H]1CCCN2CCCC[C@H]12. The molecule has 1 aromatic carbocycles. The van der Waals surface area contributed by atoms with Gasteiger partial charge in [-0.05, 0) is 62.9 Å². The molecule has 2 fully saturated rings. The summed E-state index contributed by atoms with van der Waals surface area (Å²) in [6.07, 6.45) is 9.07. The van der Waals surface area contributed by atoms with Crippen LogP contribution >= 0.6 is 0 Å². The van der Waals surface area contributed by atoms with Crippen LogP contribution in [0.15, 0.2) is 30.5 Å². The van der Waals surface area contributed by atoms with E-state index in [1.165, 1.54) is 45.2 Å². The third-order valence-electron chi connectivity index (χ3n) is 6.36. The van der Waals surface area contributed by atoms with Crippen molar-refractivity contribution in [2.45, 2.75) is 51.1 Å². The number of amides is 1. The van der Waals surface area contributed by atoms with Crippen LogP contribution in [0.2, 0.25) is 0 Å². The highest BCUT2D eigenvalue weighted by atomic mass is 16.5. The number of hydrogen-bond donors (Lipinski definition) is 1. The zero-order chi connectivity index (χ0) is 18.6. The number of aromatic nitrogens is 1. The molecule has 1 aromatic heterocycles. The predicted molar refractivity (Wildman–Crippen MR) is 108 cm³/mol. The van der Waals surface area contributed by atoms with Gasteiger partial charge in [-0.15, -0.1) is 0 Å². The molecule has 0 spiro atoms. The normalized spacial score (nSPS) is 23.1. The Kier molecular flexibility index (Phi) is 5.67. The number of fused-ring (bicyclic) bond motifs is 2. The molecule has 1 amide bonds. The Bertz CT molecular complexity index is 783. The van der Waals surface area contributed by atoms with Crippen molar-refractivity contribution in [2.75, 3.05) is 26.7 Å². The van der Waals surface area contributed by atoms with Crippen LogP contribution < -0.4 is 10.1 Å². The maximum atomic E-state index is 12.4. The fourth-order valence-corrected chi connectivity index (χ4v) is 4.94. The van der Waals surface area contributed by atoms with Gasteiger partial charge >= 0.3 is 0 Å². The van der Waals surface area contributed by atoms with Crippen molar-refractivity contribution in [1.82, 2.24) is 14.8 Å². The summed E-state index contributed by atoms with van der Waals surface area (Å²) < 4.78 is 7.56. The van der Waals surface area contributed by atoms with Gasteiger partial charge in [-0.3, -0.25) is 4.79 Å². The lowest BCUT2D eigenvalue weighted by Crippen LogP contribution is -2.51. The average Bonchev–Trinajstić information content (AvgIpc) is 3.14. The lowest BCUT2D eigenvalue weighted by Gasteiger charge is -2.44. The number of piperidine rings is 2. The Morgan fingerprint density at radius 2 is 2.07 bits per heavy atom. The highest BCUT2D eigenvalue weighted by Crippen LogP contribution is 2.30. The molecule has 1 N–H and O–H groups in total. The average molecular weight is 370 g/mol. The quantitative estimate of drug-likeness (QED) is 0.849. The molecule has 5 nitrogen and oxygen atoms in total. The van der Waals surface area contributed by atoms with Gasteiger partial charge in [-0.25, -0.2) is 0 Å². The van der Waals surface area contributed by atoms with E-state index in [1.807, 2.05) is 18.3 Å². The van der Waals surface area contributed by atoms with Crippen molar-refractivity contribution < 1.29 is 9.53 Å². The minimum absolute atomic E-state index is 0.160. The van der Waals surface area contributed by atoms with Crippen LogP contribution in [0.25, 0.3) is 10.9 Å². The molecule has 3 heterocycles. The first-order valence-electron chi connectivity index (χ1n) is 10.4. The number of carbonyl (C=O) groups excluding carboxylic acids is 1. The molecule has 0 bridgehead atoms. The lowest BCUT2D eigenvalue weighted by atomic mass is 9.83. The van der Waals surface area contributed by atoms with Crippen LogP contribution in [0.3, 0.4) is 0 Å². The van der Waals surface area contributed by atoms with E-state index >= 15 is 0 Å². The van der Waals surface area contributed by atoms with Gasteiger partial charge in [0, 0.05) is 37.1 Å². The molecule has 2 aromatic rings. The van der Waals surface area contributed by atoms with Crippen LogP contribution in [-0.2, 0) is 11.3 Å². The van der Waals surface area contributed by atoms with Gasteiger partial charge in [0.25, 0.3) is 0 Å². The van der Waals surface area contributed by atoms with Crippen molar-refractivity contribution in [3.05, 3.63) is 30.5 Å². The Morgan fingerprint density at radius 3 is 2.96 bits per heavy atom. The van der Waals surface area contributed by atoms with Crippen LogP contribution in [0.4, 0.5) is 0 Å². The summed E-state index contributed by atoms with van der Waals surface area (Å²) in [6, 6.07) is 8.80. The van der Waals surface area contributed by atoms with Crippen molar-refractivity contribution in [3.8, 4) is 5.75 Å². The van der Waals surface area contributed by atoms with Crippen LogP contribution in [0.5, 0.6) is 5.75 Å². The van der Waals surface area contributed by atoms with E-state index in [0.717, 1.165) is 23.2 Å². The zero-order valence-corrected chi connectivity index (χ0v) is 16.3. The van der Waals surface area contributed by atoms with E-state index < -0.39 is 0 Å². The van der Waals surface area contributed by atoms with Gasteiger partial charge in [0.15, 0.2) is 0 Å². The van der Waals surface area contributed by atoms with Crippen molar-refractivity contribution >= 4 is 16.8 Å². The molecule has 27 heavy (non-hydrogen) atoms. The second-order valence-corrected chi connectivity index (χ2v) is 7.96. The zero-order valence-electron chi connectivity index (χ0n) is 16.3. The lowest BCUT2D eigenvalue weighted by molar-refractivity contribution is -0.121. The molecule has 146 valence electrons. The number of benzene rings is 1. The van der Waals surface area contributed by atoms with E-state index in [9.17, 15) is 4.79 Å². The largest absolute Gasteiger partial charge is 0.496 e. The summed E-state index contributed by atoms with van der Waals surface area (Å²) in [4.78, 5) is 15.1. The van der Waals surface area contributed by atoms with Gasteiger partial charge in [0.2, 0.25) is 5.91 Å². The standard InChI is InChI=1S/C22H31N3O2/c1-27-21-9-4-8-20-18(21)10-14-25(20)15-11-22(26)23-16-17-6-5-13-24-12-3-2-7-19(17)24/h4,8-10,14,17,19H,2-3,5-7,11-13,15-16H2,1H3,(H,23,26)/t17-,19+/m0/s1. The van der Waals surface area contributed by atoms with E-state index in [1.54, 1.807) is 7.11 Å². The summed E-state index contributed by atoms with van der Waals surface area (Å²) in [6.45, 7) is 4.03. The number of nitrogens with zero attached hydrogens (tertiary/aromatic N) is 2. The summed E-state index contributed by atoms with van der Waals surface area (Å²) in [5.74, 6) is 1.66. The molecule has 0 aliphatic carbocycles. The maximum absolute atomic E-state index is 12.4. The van der Waals surface area contributed by atoms with E-state index in [4.69, 9.17) is 4.74 Å². The number of aryl methyl sites for hydroxylation is 1. The first kappa shape index (κ1) is 18.4. The van der Waals surface area contributed by atoms with Gasteiger partial charge in [0.1, 0.15) is 5.75 Å². The predicted octanol–water partition coefficient (Wildman–Crippen LogP) is 3.42. The molecule has 2 atom stereocenters. The van der Waals surface area contributed by atoms with Crippen molar-refractivity contribution in [1.29, 1.82) is 0 Å². The molecule has 0 radical (unpaired) electrons. The fourth-order valence-electron chi connectivity index (χ4n) is 4.94. The Morgan fingerprint density at radius 1 is 1.19 bits per heavy atom. The Hall–Kier alpha value is -2.01. The second-order valence-electron chi connectivity index (χ2n) is 7.96.